The minimum Gasteiger partial charge on any atom is -0.339 e. The Bertz CT molecular complexity index is 462. The third-order valence-electron chi connectivity index (χ3n) is 1.96. The highest BCUT2D eigenvalue weighted by Gasteiger charge is 2.14. The van der Waals surface area contributed by atoms with E-state index in [1.54, 1.807) is 18.2 Å². The van der Waals surface area contributed by atoms with E-state index in [0.29, 0.717) is 33.7 Å². The van der Waals surface area contributed by atoms with E-state index in [9.17, 15) is 0 Å². The lowest BCUT2D eigenvalue weighted by molar-refractivity contribution is 0.383. The number of rotatable bonds is 2. The van der Waals surface area contributed by atoms with Crippen LogP contribution in [-0.4, -0.2) is 10.1 Å². The lowest BCUT2D eigenvalue weighted by Crippen LogP contribution is -1.85. The zero-order chi connectivity index (χ0) is 10.8. The van der Waals surface area contributed by atoms with Crippen molar-refractivity contribution in [3.8, 4) is 11.4 Å². The van der Waals surface area contributed by atoms with Crippen molar-refractivity contribution in [1.29, 1.82) is 0 Å². The number of hydrogen-bond acceptors (Lipinski definition) is 3. The van der Waals surface area contributed by atoms with Crippen LogP contribution >= 0.6 is 23.2 Å². The van der Waals surface area contributed by atoms with Gasteiger partial charge in [-0.15, -0.1) is 0 Å². The van der Waals surface area contributed by atoms with Crippen molar-refractivity contribution in [1.82, 2.24) is 10.1 Å². The van der Waals surface area contributed by atoms with Crippen molar-refractivity contribution in [2.75, 3.05) is 0 Å². The highest BCUT2D eigenvalue weighted by atomic mass is 35.5. The van der Waals surface area contributed by atoms with Gasteiger partial charge in [-0.05, 0) is 12.1 Å². The molecule has 1 aromatic carbocycles. The summed E-state index contributed by atoms with van der Waals surface area (Å²) in [7, 11) is 0. The predicted molar refractivity (Wildman–Crippen MR) is 59.1 cm³/mol. The molecule has 2 aromatic rings. The molecule has 0 aliphatic rings. The number of nitrogens with zero attached hydrogens (tertiary/aromatic N) is 2. The highest BCUT2D eigenvalue weighted by Crippen LogP contribution is 2.32. The Balaban J connectivity index is 2.53. The van der Waals surface area contributed by atoms with E-state index >= 15 is 0 Å². The van der Waals surface area contributed by atoms with Crippen LogP contribution in [0.15, 0.2) is 22.7 Å². The number of hydrogen-bond donors (Lipinski definition) is 0. The number of halogens is 2. The van der Waals surface area contributed by atoms with E-state index in [2.05, 4.69) is 10.1 Å². The molecule has 0 saturated carbocycles. The number of benzene rings is 1. The monoisotopic (exact) mass is 242 g/mol. The van der Waals surface area contributed by atoms with Crippen LogP contribution < -0.4 is 0 Å². The molecule has 2 rings (SSSR count). The van der Waals surface area contributed by atoms with E-state index in [-0.39, 0.29) is 0 Å². The zero-order valence-electron chi connectivity index (χ0n) is 8.00. The molecule has 1 aromatic heterocycles. The summed E-state index contributed by atoms with van der Waals surface area (Å²) in [6, 6.07) is 5.25. The topological polar surface area (TPSA) is 38.9 Å². The third kappa shape index (κ3) is 1.98. The van der Waals surface area contributed by atoms with Gasteiger partial charge < -0.3 is 4.52 Å². The maximum atomic E-state index is 6.01. The van der Waals surface area contributed by atoms with Crippen LogP contribution in [0.25, 0.3) is 11.4 Å². The summed E-state index contributed by atoms with van der Waals surface area (Å²) < 4.78 is 5.00. The molecule has 0 amide bonds. The summed E-state index contributed by atoms with van der Waals surface area (Å²) in [6.45, 7) is 1.94. The average molecular weight is 243 g/mol. The fraction of sp³-hybridized carbons (Fsp3) is 0.200. The van der Waals surface area contributed by atoms with Crippen molar-refractivity contribution in [2.45, 2.75) is 13.3 Å². The second-order valence-corrected chi connectivity index (χ2v) is 3.78. The predicted octanol–water partition coefficient (Wildman–Crippen LogP) is 3.61. The Labute approximate surface area is 97.0 Å². The Morgan fingerprint density at radius 2 is 1.93 bits per heavy atom. The van der Waals surface area contributed by atoms with Gasteiger partial charge in [-0.1, -0.05) is 41.3 Å². The van der Waals surface area contributed by atoms with Crippen LogP contribution in [0.1, 0.15) is 12.8 Å². The summed E-state index contributed by atoms with van der Waals surface area (Å²) in [4.78, 5) is 4.17. The standard InChI is InChI=1S/C10H8Cl2N2O/c1-2-8-13-10(14-15-8)9-6(11)4-3-5-7(9)12/h3-5H,2H2,1H3. The molecule has 0 saturated heterocycles. The van der Waals surface area contributed by atoms with E-state index in [4.69, 9.17) is 27.7 Å². The Morgan fingerprint density at radius 3 is 2.47 bits per heavy atom. The lowest BCUT2D eigenvalue weighted by atomic mass is 10.2. The minimum atomic E-state index is 0.433. The molecule has 15 heavy (non-hydrogen) atoms. The van der Waals surface area contributed by atoms with Crippen molar-refractivity contribution in [2.24, 2.45) is 0 Å². The molecule has 0 atom stereocenters. The molecule has 0 fully saturated rings. The fourth-order valence-electron chi connectivity index (χ4n) is 1.21. The molecule has 0 spiro atoms. The third-order valence-corrected chi connectivity index (χ3v) is 2.59. The van der Waals surface area contributed by atoms with E-state index in [1.807, 2.05) is 6.92 Å². The summed E-state index contributed by atoms with van der Waals surface area (Å²) in [5.41, 5.74) is 0.615. The molecule has 1 heterocycles. The molecular formula is C10H8Cl2N2O. The first-order valence-electron chi connectivity index (χ1n) is 4.49. The molecule has 0 unspecified atom stereocenters. The molecule has 0 aliphatic carbocycles. The summed E-state index contributed by atoms with van der Waals surface area (Å²) >= 11 is 12.0. The fourth-order valence-corrected chi connectivity index (χ4v) is 1.78. The van der Waals surface area contributed by atoms with Crippen molar-refractivity contribution >= 4 is 23.2 Å². The van der Waals surface area contributed by atoms with Crippen LogP contribution in [-0.2, 0) is 6.42 Å². The van der Waals surface area contributed by atoms with Crippen LogP contribution in [0.4, 0.5) is 0 Å². The summed E-state index contributed by atoms with van der Waals surface area (Å²) in [5, 5.41) is 4.86. The maximum Gasteiger partial charge on any atom is 0.226 e. The van der Waals surface area contributed by atoms with E-state index < -0.39 is 0 Å². The van der Waals surface area contributed by atoms with Crippen molar-refractivity contribution in [3.63, 3.8) is 0 Å². The number of aromatic nitrogens is 2. The van der Waals surface area contributed by atoms with E-state index in [0.717, 1.165) is 0 Å². The largest absolute Gasteiger partial charge is 0.339 e. The summed E-state index contributed by atoms with van der Waals surface area (Å²) in [5.74, 6) is 1.00. The molecule has 0 aliphatic heterocycles. The van der Waals surface area contributed by atoms with Crippen molar-refractivity contribution < 1.29 is 4.52 Å². The van der Waals surface area contributed by atoms with Gasteiger partial charge >= 0.3 is 0 Å². The molecule has 0 N–H and O–H groups in total. The van der Waals surface area contributed by atoms with Crippen LogP contribution in [0.3, 0.4) is 0 Å². The quantitative estimate of drug-likeness (QED) is 0.808. The molecule has 3 nitrogen and oxygen atoms in total. The first-order chi connectivity index (χ1) is 7.22. The smallest absolute Gasteiger partial charge is 0.226 e. The minimum absolute atomic E-state index is 0.433. The first kappa shape index (κ1) is 10.5. The highest BCUT2D eigenvalue weighted by molar-refractivity contribution is 6.38. The lowest BCUT2D eigenvalue weighted by Gasteiger charge is -2.00. The van der Waals surface area contributed by atoms with Gasteiger partial charge in [-0.3, -0.25) is 0 Å². The van der Waals surface area contributed by atoms with Crippen LogP contribution in [0, 0.1) is 0 Å². The second-order valence-electron chi connectivity index (χ2n) is 2.96. The Kier molecular flexibility index (Phi) is 2.93. The van der Waals surface area contributed by atoms with Crippen LogP contribution in [0.2, 0.25) is 10.0 Å². The molecule has 78 valence electrons. The van der Waals surface area contributed by atoms with Gasteiger partial charge in [0.05, 0.1) is 15.6 Å². The Hall–Kier alpha value is -1.06. The van der Waals surface area contributed by atoms with E-state index in [1.165, 1.54) is 0 Å². The van der Waals surface area contributed by atoms with Gasteiger partial charge in [0.2, 0.25) is 11.7 Å². The summed E-state index contributed by atoms with van der Waals surface area (Å²) in [6.07, 6.45) is 0.690. The molecule has 5 heteroatoms. The Morgan fingerprint density at radius 1 is 1.27 bits per heavy atom. The SMILES string of the molecule is CCc1nc(-c2c(Cl)cccc2Cl)no1. The zero-order valence-corrected chi connectivity index (χ0v) is 9.51. The van der Waals surface area contributed by atoms with Gasteiger partial charge in [-0.25, -0.2) is 0 Å². The normalized spacial score (nSPS) is 10.6. The first-order valence-corrected chi connectivity index (χ1v) is 5.25. The second kappa shape index (κ2) is 4.21. The van der Waals surface area contributed by atoms with Crippen LogP contribution in [0.5, 0.6) is 0 Å². The average Bonchev–Trinajstić information content (AvgIpc) is 2.66. The van der Waals surface area contributed by atoms with Gasteiger partial charge in [0.25, 0.3) is 0 Å². The van der Waals surface area contributed by atoms with Gasteiger partial charge in [0.1, 0.15) is 0 Å². The molecular weight excluding hydrogens is 235 g/mol. The maximum absolute atomic E-state index is 6.01. The van der Waals surface area contributed by atoms with Gasteiger partial charge in [0.15, 0.2) is 0 Å². The van der Waals surface area contributed by atoms with Gasteiger partial charge in [-0.2, -0.15) is 4.98 Å². The molecule has 0 bridgehead atoms. The molecule has 0 radical (unpaired) electrons. The van der Waals surface area contributed by atoms with Crippen molar-refractivity contribution in [3.05, 3.63) is 34.1 Å². The van der Waals surface area contributed by atoms with Gasteiger partial charge in [0, 0.05) is 6.42 Å². The number of aryl methyl sites for hydroxylation is 1.